The van der Waals surface area contributed by atoms with Gasteiger partial charge in [0.25, 0.3) is 0 Å². The zero-order chi connectivity index (χ0) is 20.7. The Kier molecular flexibility index (Phi) is 7.80. The van der Waals surface area contributed by atoms with Crippen molar-refractivity contribution in [3.63, 3.8) is 0 Å². The van der Waals surface area contributed by atoms with Crippen molar-refractivity contribution in [3.8, 4) is 0 Å². The predicted molar refractivity (Wildman–Crippen MR) is 114 cm³/mol. The van der Waals surface area contributed by atoms with E-state index in [1.54, 1.807) is 4.90 Å². The van der Waals surface area contributed by atoms with E-state index in [2.05, 4.69) is 11.4 Å². The second-order valence-corrected chi connectivity index (χ2v) is 7.83. The maximum absolute atomic E-state index is 13.1. The summed E-state index contributed by atoms with van der Waals surface area (Å²) in [6.45, 7) is 10.2. The molecule has 1 N–H and O–H groups in total. The molecule has 0 bridgehead atoms. The highest BCUT2D eigenvalue weighted by Crippen LogP contribution is 2.13. The van der Waals surface area contributed by atoms with Crippen LogP contribution in [0, 0.1) is 13.8 Å². The lowest BCUT2D eigenvalue weighted by Crippen LogP contribution is -2.50. The molecule has 150 valence electrons. The van der Waals surface area contributed by atoms with Crippen LogP contribution in [-0.4, -0.2) is 35.3 Å². The molecule has 0 heterocycles. The van der Waals surface area contributed by atoms with Gasteiger partial charge in [0.1, 0.15) is 6.04 Å². The molecule has 2 amide bonds. The molecule has 0 saturated heterocycles. The third kappa shape index (κ3) is 6.52. The van der Waals surface area contributed by atoms with Crippen molar-refractivity contribution in [2.24, 2.45) is 0 Å². The van der Waals surface area contributed by atoms with Gasteiger partial charge in [-0.15, -0.1) is 0 Å². The Labute approximate surface area is 169 Å². The SMILES string of the molecule is Cc1cc(C)cc(CC(=O)N(CCc2ccccc2)[C@H](C)C(=O)NC(C)C)c1. The summed E-state index contributed by atoms with van der Waals surface area (Å²) in [5.74, 6) is -0.135. The van der Waals surface area contributed by atoms with Gasteiger partial charge in [0, 0.05) is 12.6 Å². The quantitative estimate of drug-likeness (QED) is 0.757. The van der Waals surface area contributed by atoms with Gasteiger partial charge < -0.3 is 10.2 Å². The Balaban J connectivity index is 2.17. The maximum atomic E-state index is 13.1. The Morgan fingerprint density at radius 3 is 2.11 bits per heavy atom. The zero-order valence-electron chi connectivity index (χ0n) is 17.7. The summed E-state index contributed by atoms with van der Waals surface area (Å²) in [7, 11) is 0. The second-order valence-electron chi connectivity index (χ2n) is 7.83. The van der Waals surface area contributed by atoms with E-state index in [9.17, 15) is 9.59 Å². The molecular formula is C24H32N2O2. The molecule has 2 aromatic rings. The minimum absolute atomic E-state index is 0.0210. The highest BCUT2D eigenvalue weighted by Gasteiger charge is 2.26. The van der Waals surface area contributed by atoms with E-state index in [0.717, 1.165) is 28.7 Å². The highest BCUT2D eigenvalue weighted by atomic mass is 16.2. The summed E-state index contributed by atoms with van der Waals surface area (Å²) < 4.78 is 0. The predicted octanol–water partition coefficient (Wildman–Crippen LogP) is 3.83. The first-order chi connectivity index (χ1) is 13.3. The fourth-order valence-electron chi connectivity index (χ4n) is 3.42. The number of hydrogen-bond acceptors (Lipinski definition) is 2. The number of benzene rings is 2. The lowest BCUT2D eigenvalue weighted by atomic mass is 10.0. The largest absolute Gasteiger partial charge is 0.352 e. The number of nitrogens with one attached hydrogen (secondary N) is 1. The first-order valence-corrected chi connectivity index (χ1v) is 9.97. The summed E-state index contributed by atoms with van der Waals surface area (Å²) in [5.41, 5.74) is 4.43. The van der Waals surface area contributed by atoms with E-state index in [4.69, 9.17) is 0 Å². The van der Waals surface area contributed by atoms with Crippen molar-refractivity contribution in [2.75, 3.05) is 6.54 Å². The fourth-order valence-corrected chi connectivity index (χ4v) is 3.42. The highest BCUT2D eigenvalue weighted by molar-refractivity contribution is 5.88. The zero-order valence-corrected chi connectivity index (χ0v) is 17.7. The smallest absolute Gasteiger partial charge is 0.242 e. The molecule has 0 aromatic heterocycles. The summed E-state index contributed by atoms with van der Waals surface area (Å²) in [4.78, 5) is 27.4. The Hall–Kier alpha value is -2.62. The van der Waals surface area contributed by atoms with Gasteiger partial charge >= 0.3 is 0 Å². The molecule has 0 aliphatic heterocycles. The van der Waals surface area contributed by atoms with Crippen LogP contribution in [0.2, 0.25) is 0 Å². The topological polar surface area (TPSA) is 49.4 Å². The van der Waals surface area contributed by atoms with E-state index < -0.39 is 6.04 Å². The van der Waals surface area contributed by atoms with Crippen molar-refractivity contribution in [2.45, 2.75) is 59.5 Å². The Morgan fingerprint density at radius 1 is 0.929 bits per heavy atom. The minimum Gasteiger partial charge on any atom is -0.352 e. The molecule has 4 nitrogen and oxygen atoms in total. The van der Waals surface area contributed by atoms with Gasteiger partial charge in [0.05, 0.1) is 6.42 Å². The van der Waals surface area contributed by atoms with Crippen molar-refractivity contribution < 1.29 is 9.59 Å². The van der Waals surface area contributed by atoms with Crippen molar-refractivity contribution in [3.05, 3.63) is 70.8 Å². The number of hydrogen-bond donors (Lipinski definition) is 1. The van der Waals surface area contributed by atoms with Crippen LogP contribution < -0.4 is 5.32 Å². The van der Waals surface area contributed by atoms with E-state index >= 15 is 0 Å². The van der Waals surface area contributed by atoms with Crippen LogP contribution in [0.1, 0.15) is 43.0 Å². The van der Waals surface area contributed by atoms with Crippen LogP contribution >= 0.6 is 0 Å². The third-order valence-corrected chi connectivity index (χ3v) is 4.72. The van der Waals surface area contributed by atoms with Crippen LogP contribution in [0.3, 0.4) is 0 Å². The molecule has 4 heteroatoms. The fraction of sp³-hybridized carbons (Fsp3) is 0.417. The number of nitrogens with zero attached hydrogens (tertiary/aromatic N) is 1. The lowest BCUT2D eigenvalue weighted by Gasteiger charge is -2.29. The molecular weight excluding hydrogens is 348 g/mol. The summed E-state index contributed by atoms with van der Waals surface area (Å²) in [5, 5.41) is 2.93. The van der Waals surface area contributed by atoms with Crippen molar-refractivity contribution in [1.82, 2.24) is 10.2 Å². The average molecular weight is 381 g/mol. The molecule has 0 spiro atoms. The molecule has 0 fully saturated rings. The van der Waals surface area contributed by atoms with Crippen LogP contribution in [-0.2, 0) is 22.4 Å². The standard InChI is InChI=1S/C24H32N2O2/c1-17(2)25-24(28)20(5)26(12-11-21-9-7-6-8-10-21)23(27)16-22-14-18(3)13-19(4)15-22/h6-10,13-15,17,20H,11-12,16H2,1-5H3,(H,25,28)/t20-/m1/s1. The van der Waals surface area contributed by atoms with E-state index in [1.165, 1.54) is 0 Å². The average Bonchev–Trinajstić information content (AvgIpc) is 2.61. The summed E-state index contributed by atoms with van der Waals surface area (Å²) >= 11 is 0. The molecule has 0 radical (unpaired) electrons. The van der Waals surface area contributed by atoms with Crippen molar-refractivity contribution in [1.29, 1.82) is 0 Å². The number of aryl methyl sites for hydroxylation is 2. The van der Waals surface area contributed by atoms with Gasteiger partial charge in [0.15, 0.2) is 0 Å². The first kappa shape index (κ1) is 21.7. The van der Waals surface area contributed by atoms with Crippen LogP contribution in [0.15, 0.2) is 48.5 Å². The van der Waals surface area contributed by atoms with Crippen LogP contribution in [0.25, 0.3) is 0 Å². The number of carbonyl (C=O) groups excluding carboxylic acids is 2. The molecule has 28 heavy (non-hydrogen) atoms. The number of rotatable bonds is 8. The first-order valence-electron chi connectivity index (χ1n) is 9.97. The monoisotopic (exact) mass is 380 g/mol. The molecule has 2 rings (SSSR count). The van der Waals surface area contributed by atoms with Gasteiger partial charge in [-0.25, -0.2) is 0 Å². The molecule has 0 unspecified atom stereocenters. The van der Waals surface area contributed by atoms with E-state index in [0.29, 0.717) is 13.0 Å². The van der Waals surface area contributed by atoms with Gasteiger partial charge in [-0.2, -0.15) is 0 Å². The Bertz CT molecular complexity index is 779. The lowest BCUT2D eigenvalue weighted by molar-refractivity contribution is -0.139. The Morgan fingerprint density at radius 2 is 1.54 bits per heavy atom. The van der Waals surface area contributed by atoms with E-state index in [1.807, 2.05) is 77.1 Å². The summed E-state index contributed by atoms with van der Waals surface area (Å²) in [6, 6.07) is 15.8. The molecule has 0 saturated carbocycles. The number of carbonyl (C=O) groups is 2. The number of amides is 2. The van der Waals surface area contributed by atoms with Crippen LogP contribution in [0.5, 0.6) is 0 Å². The molecule has 0 aliphatic carbocycles. The van der Waals surface area contributed by atoms with Gasteiger partial charge in [0.2, 0.25) is 11.8 Å². The van der Waals surface area contributed by atoms with Crippen LogP contribution in [0.4, 0.5) is 0 Å². The van der Waals surface area contributed by atoms with Crippen molar-refractivity contribution >= 4 is 11.8 Å². The summed E-state index contributed by atoms with van der Waals surface area (Å²) in [6.07, 6.45) is 1.02. The normalized spacial score (nSPS) is 11.9. The van der Waals surface area contributed by atoms with E-state index in [-0.39, 0.29) is 17.9 Å². The minimum atomic E-state index is -0.510. The maximum Gasteiger partial charge on any atom is 0.242 e. The van der Waals surface area contributed by atoms with Gasteiger partial charge in [-0.05, 0) is 52.2 Å². The molecule has 0 aliphatic rings. The second kappa shape index (κ2) is 10.1. The molecule has 2 aromatic carbocycles. The molecule has 1 atom stereocenters. The van der Waals surface area contributed by atoms with Gasteiger partial charge in [-0.3, -0.25) is 9.59 Å². The van der Waals surface area contributed by atoms with Gasteiger partial charge in [-0.1, -0.05) is 59.7 Å². The third-order valence-electron chi connectivity index (χ3n) is 4.72.